The van der Waals surface area contributed by atoms with E-state index in [1.54, 1.807) is 12.1 Å². The zero-order valence-corrected chi connectivity index (χ0v) is 18.6. The summed E-state index contributed by atoms with van der Waals surface area (Å²) in [5.74, 6) is -0.282. The topological polar surface area (TPSA) is 184 Å². The highest BCUT2D eigenvalue weighted by Gasteiger charge is 2.37. The first-order valence-electron chi connectivity index (χ1n) is 9.69. The molecule has 0 bridgehead atoms. The minimum atomic E-state index is -4.64. The number of cyclic esters (lactones) is 1. The van der Waals surface area contributed by atoms with E-state index < -0.39 is 38.6 Å². The Morgan fingerprint density at radius 1 is 1.29 bits per heavy atom. The number of nitrogens with zero attached hydrogens (tertiary/aromatic N) is 6. The number of anilines is 1. The molecular weight excluding hydrogens is 493 g/mol. The van der Waals surface area contributed by atoms with Crippen molar-refractivity contribution >= 4 is 25.8 Å². The Balaban J connectivity index is 0.000000623. The van der Waals surface area contributed by atoms with Crippen LogP contribution >= 0.6 is 7.82 Å². The van der Waals surface area contributed by atoms with Gasteiger partial charge in [-0.3, -0.25) is 9.88 Å². The molecule has 16 heteroatoms. The van der Waals surface area contributed by atoms with Gasteiger partial charge >= 0.3 is 13.9 Å². The van der Waals surface area contributed by atoms with Crippen molar-refractivity contribution in [2.75, 3.05) is 18.1 Å². The van der Waals surface area contributed by atoms with Crippen LogP contribution in [0.2, 0.25) is 0 Å². The summed E-state index contributed by atoms with van der Waals surface area (Å²) in [5, 5.41) is 21.2. The lowest BCUT2D eigenvalue weighted by molar-refractivity contribution is 0.0188. The largest absolute Gasteiger partial charge is 0.466 e. The summed E-state index contributed by atoms with van der Waals surface area (Å²) < 4.78 is 41.2. The molecule has 4 rings (SSSR count). The van der Waals surface area contributed by atoms with Gasteiger partial charge in [-0.05, 0) is 29.5 Å². The third kappa shape index (κ3) is 6.71. The van der Waals surface area contributed by atoms with Gasteiger partial charge in [-0.1, -0.05) is 12.6 Å². The van der Waals surface area contributed by atoms with Crippen molar-refractivity contribution in [3.63, 3.8) is 0 Å². The lowest BCUT2D eigenvalue weighted by Crippen LogP contribution is -2.32. The summed E-state index contributed by atoms with van der Waals surface area (Å²) >= 11 is 0. The minimum absolute atomic E-state index is 0.0721. The quantitative estimate of drug-likeness (QED) is 0.350. The number of carbonyl (C=O) groups is 1. The van der Waals surface area contributed by atoms with Crippen LogP contribution in [0, 0.1) is 5.82 Å². The van der Waals surface area contributed by atoms with Crippen LogP contribution in [-0.2, 0) is 9.30 Å². The highest BCUT2D eigenvalue weighted by atomic mass is 31.2. The molecule has 1 fully saturated rings. The van der Waals surface area contributed by atoms with E-state index in [1.807, 2.05) is 0 Å². The Morgan fingerprint density at radius 2 is 2.00 bits per heavy atom. The van der Waals surface area contributed by atoms with Gasteiger partial charge in [0.1, 0.15) is 24.3 Å². The lowest BCUT2D eigenvalue weighted by Gasteiger charge is -2.15. The average molecular weight is 512 g/mol. The van der Waals surface area contributed by atoms with Crippen LogP contribution < -0.4 is 4.90 Å². The van der Waals surface area contributed by atoms with E-state index in [2.05, 4.69) is 27.0 Å². The summed E-state index contributed by atoms with van der Waals surface area (Å²) in [5.41, 5.74) is 1.48. The summed E-state index contributed by atoms with van der Waals surface area (Å²) in [6.45, 7) is 2.42. The number of hydrogen-bond acceptors (Lipinski definition) is 8. The van der Waals surface area contributed by atoms with Crippen LogP contribution in [-0.4, -0.2) is 76.5 Å². The van der Waals surface area contributed by atoms with Gasteiger partial charge in [0, 0.05) is 23.5 Å². The van der Waals surface area contributed by atoms with Crippen LogP contribution in [0.25, 0.3) is 28.8 Å². The number of ether oxygens (including phenoxy) is 1. The summed E-state index contributed by atoms with van der Waals surface area (Å²) in [7, 11) is -4.64. The number of aromatic nitrogens is 5. The van der Waals surface area contributed by atoms with E-state index in [9.17, 15) is 18.7 Å². The molecule has 13 nitrogen and oxygen atoms in total. The Hall–Kier alpha value is -3.62. The number of aliphatic hydroxyl groups is 1. The van der Waals surface area contributed by atoms with Gasteiger partial charge in [0.05, 0.1) is 12.2 Å². The fraction of sp³-hybridized carbons (Fsp3) is 0.211. The molecule has 2 atom stereocenters. The number of tetrazole rings is 1. The van der Waals surface area contributed by atoms with Gasteiger partial charge < -0.3 is 24.5 Å². The standard InChI is InChI=1S/C19H16F2N6O3.H3O4P/c1-2-27-24-18(23-25-27)15-6-3-11(9-22-15)13-5-4-12(7-14(13)21)26-10-17(16(28)8-20)30-19(26)29;1-5(2,3)4/h2-7,9,16-17,28H,1,8,10H2;(H3,1,2,3,4)/t16?,17-;/m0./s1. The number of amides is 1. The molecule has 186 valence electrons. The van der Waals surface area contributed by atoms with Crippen molar-refractivity contribution in [3.05, 3.63) is 48.9 Å². The number of phosphoric acid groups is 1. The first-order valence-corrected chi connectivity index (χ1v) is 11.3. The first kappa shape index (κ1) is 26.0. The molecule has 0 spiro atoms. The summed E-state index contributed by atoms with van der Waals surface area (Å²) in [4.78, 5) is 40.1. The smallest absolute Gasteiger partial charge is 0.441 e. The Labute approximate surface area is 196 Å². The molecule has 35 heavy (non-hydrogen) atoms. The Kier molecular flexibility index (Phi) is 7.99. The highest BCUT2D eigenvalue weighted by Crippen LogP contribution is 2.30. The third-order valence-electron chi connectivity index (χ3n) is 4.58. The number of carbonyl (C=O) groups excluding carboxylic acids is 1. The van der Waals surface area contributed by atoms with Gasteiger partial charge in [0.25, 0.3) is 0 Å². The molecular formula is C19H19F2N6O7P. The zero-order chi connectivity index (χ0) is 25.8. The molecule has 1 aliphatic rings. The fourth-order valence-electron chi connectivity index (χ4n) is 2.99. The first-order chi connectivity index (χ1) is 16.5. The molecule has 1 aliphatic heterocycles. The Morgan fingerprint density at radius 3 is 2.54 bits per heavy atom. The van der Waals surface area contributed by atoms with Crippen LogP contribution in [0.3, 0.4) is 0 Å². The predicted molar refractivity (Wildman–Crippen MR) is 117 cm³/mol. The van der Waals surface area contributed by atoms with Gasteiger partial charge in [0.15, 0.2) is 6.10 Å². The summed E-state index contributed by atoms with van der Waals surface area (Å²) in [6.07, 6.45) is -0.339. The maximum atomic E-state index is 14.7. The van der Waals surface area contributed by atoms with E-state index in [0.717, 1.165) is 4.90 Å². The van der Waals surface area contributed by atoms with Crippen LogP contribution in [0.4, 0.5) is 19.3 Å². The lowest BCUT2D eigenvalue weighted by atomic mass is 10.1. The average Bonchev–Trinajstić information content (AvgIpc) is 3.44. The number of aliphatic hydroxyl groups excluding tert-OH is 1. The van der Waals surface area contributed by atoms with Crippen molar-refractivity contribution in [2.45, 2.75) is 12.2 Å². The molecule has 3 heterocycles. The summed E-state index contributed by atoms with van der Waals surface area (Å²) in [6, 6.07) is 7.50. The Bertz CT molecular complexity index is 1240. The number of halogens is 2. The van der Waals surface area contributed by atoms with E-state index in [1.165, 1.54) is 35.4 Å². The number of benzene rings is 1. The van der Waals surface area contributed by atoms with Crippen molar-refractivity contribution in [1.29, 1.82) is 0 Å². The van der Waals surface area contributed by atoms with Crippen molar-refractivity contribution in [2.24, 2.45) is 0 Å². The molecule has 4 N–H and O–H groups in total. The van der Waals surface area contributed by atoms with Crippen LogP contribution in [0.15, 0.2) is 43.1 Å². The number of rotatable bonds is 6. The fourth-order valence-corrected chi connectivity index (χ4v) is 2.99. The number of hydrogen-bond donors (Lipinski definition) is 4. The molecule has 0 saturated carbocycles. The van der Waals surface area contributed by atoms with Gasteiger partial charge in [-0.25, -0.2) is 18.1 Å². The molecule has 1 aromatic carbocycles. The zero-order valence-electron chi connectivity index (χ0n) is 17.7. The molecule has 1 saturated heterocycles. The molecule has 1 unspecified atom stereocenters. The second kappa shape index (κ2) is 10.8. The minimum Gasteiger partial charge on any atom is -0.441 e. The van der Waals surface area contributed by atoms with Crippen LogP contribution in [0.1, 0.15) is 0 Å². The van der Waals surface area contributed by atoms with Crippen molar-refractivity contribution in [3.8, 4) is 22.6 Å². The molecule has 3 aromatic rings. The van der Waals surface area contributed by atoms with Crippen molar-refractivity contribution < 1.29 is 42.7 Å². The monoisotopic (exact) mass is 512 g/mol. The van der Waals surface area contributed by atoms with Gasteiger partial charge in [-0.15, -0.1) is 15.0 Å². The maximum absolute atomic E-state index is 14.7. The molecule has 0 radical (unpaired) electrons. The molecule has 2 aromatic heterocycles. The van der Waals surface area contributed by atoms with E-state index in [4.69, 9.17) is 24.0 Å². The van der Waals surface area contributed by atoms with Crippen LogP contribution in [0.5, 0.6) is 0 Å². The van der Waals surface area contributed by atoms with Gasteiger partial charge in [-0.2, -0.15) is 0 Å². The normalized spacial score (nSPS) is 16.3. The number of alkyl halides is 1. The second-order valence-electron chi connectivity index (χ2n) is 6.98. The number of pyridine rings is 1. The maximum Gasteiger partial charge on any atom is 0.466 e. The van der Waals surface area contributed by atoms with E-state index >= 15 is 0 Å². The SMILES string of the molecule is C=Cn1nnc(-c2ccc(-c3ccc(N4C[C@@H](C(O)CF)OC4=O)cc3F)cn2)n1.O=P(O)(O)O. The second-order valence-corrected chi connectivity index (χ2v) is 8.01. The molecule has 1 amide bonds. The predicted octanol–water partition coefficient (Wildman–Crippen LogP) is 1.37. The van der Waals surface area contributed by atoms with E-state index in [-0.39, 0.29) is 17.8 Å². The molecule has 0 aliphatic carbocycles. The van der Waals surface area contributed by atoms with Crippen molar-refractivity contribution in [1.82, 2.24) is 25.2 Å². The van der Waals surface area contributed by atoms with Gasteiger partial charge in [0.2, 0.25) is 5.82 Å². The highest BCUT2D eigenvalue weighted by molar-refractivity contribution is 7.45. The van der Waals surface area contributed by atoms with E-state index in [0.29, 0.717) is 17.1 Å². The third-order valence-corrected chi connectivity index (χ3v) is 4.58.